The van der Waals surface area contributed by atoms with Gasteiger partial charge in [0.15, 0.2) is 0 Å². The molecule has 1 aromatic rings. The molecule has 1 N–H and O–H groups in total. The smallest absolute Gasteiger partial charge is 0.416 e. The van der Waals surface area contributed by atoms with Crippen molar-refractivity contribution in [3.8, 4) is 0 Å². The molecule has 1 amide bonds. The highest BCUT2D eigenvalue weighted by molar-refractivity contribution is 5.83. The number of amides is 1. The van der Waals surface area contributed by atoms with Gasteiger partial charge in [-0.2, -0.15) is 13.2 Å². The second kappa shape index (κ2) is 7.29. The summed E-state index contributed by atoms with van der Waals surface area (Å²) in [5, 5.41) is 8.80. The molecule has 7 heteroatoms. The van der Waals surface area contributed by atoms with Crippen LogP contribution in [0, 0.1) is 11.8 Å². The minimum atomic E-state index is -4.35. The summed E-state index contributed by atoms with van der Waals surface area (Å²) < 4.78 is 37.9. The molecule has 0 unspecified atom stereocenters. The van der Waals surface area contributed by atoms with Crippen LogP contribution in [0.2, 0.25) is 0 Å². The lowest BCUT2D eigenvalue weighted by molar-refractivity contribution is -0.138. The number of alkyl halides is 3. The van der Waals surface area contributed by atoms with Crippen molar-refractivity contribution in [2.75, 3.05) is 13.1 Å². The Labute approximate surface area is 150 Å². The Morgan fingerprint density at radius 1 is 1.19 bits per heavy atom. The maximum Gasteiger partial charge on any atom is 0.416 e. The molecule has 142 valence electrons. The monoisotopic (exact) mass is 369 g/mol. The number of likely N-dealkylation sites (tertiary alicyclic amines) is 1. The first kappa shape index (κ1) is 18.7. The first-order valence-electron chi connectivity index (χ1n) is 8.93. The van der Waals surface area contributed by atoms with Gasteiger partial charge in [-0.25, -0.2) is 0 Å². The average molecular weight is 369 g/mol. The van der Waals surface area contributed by atoms with Crippen molar-refractivity contribution in [2.24, 2.45) is 11.8 Å². The minimum absolute atomic E-state index is 0.0100. The number of benzene rings is 1. The molecule has 2 fully saturated rings. The summed E-state index contributed by atoms with van der Waals surface area (Å²) in [6.45, 7) is 1.26. The van der Waals surface area contributed by atoms with Crippen LogP contribution in [0.4, 0.5) is 13.2 Å². The van der Waals surface area contributed by atoms with E-state index in [1.54, 1.807) is 0 Å². The number of halogens is 3. The Bertz CT molecular complexity index is 672. The highest BCUT2D eigenvalue weighted by Gasteiger charge is 2.46. The Kier molecular flexibility index (Phi) is 5.25. The van der Waals surface area contributed by atoms with Crippen LogP contribution in [0.25, 0.3) is 0 Å². The molecule has 1 saturated heterocycles. The molecule has 2 aliphatic rings. The van der Waals surface area contributed by atoms with Gasteiger partial charge in [0.1, 0.15) is 0 Å². The Balaban J connectivity index is 1.56. The van der Waals surface area contributed by atoms with E-state index in [4.69, 9.17) is 5.11 Å². The van der Waals surface area contributed by atoms with Crippen molar-refractivity contribution in [3.63, 3.8) is 0 Å². The normalized spacial score (nSPS) is 25.8. The predicted molar refractivity (Wildman–Crippen MR) is 88.5 cm³/mol. The molecule has 1 heterocycles. The molecule has 26 heavy (non-hydrogen) atoms. The van der Waals surface area contributed by atoms with Gasteiger partial charge in [-0.1, -0.05) is 12.1 Å². The first-order chi connectivity index (χ1) is 12.3. The van der Waals surface area contributed by atoms with Crippen molar-refractivity contribution < 1.29 is 27.9 Å². The number of carboxylic acids is 1. The van der Waals surface area contributed by atoms with E-state index in [2.05, 4.69) is 0 Å². The third-order valence-electron chi connectivity index (χ3n) is 5.37. The van der Waals surface area contributed by atoms with Gasteiger partial charge >= 0.3 is 12.1 Å². The van der Waals surface area contributed by atoms with Crippen molar-refractivity contribution in [1.82, 2.24) is 4.90 Å². The molecule has 0 aromatic heterocycles. The van der Waals surface area contributed by atoms with Crippen molar-refractivity contribution in [2.45, 2.75) is 44.2 Å². The van der Waals surface area contributed by atoms with Gasteiger partial charge < -0.3 is 10.0 Å². The summed E-state index contributed by atoms with van der Waals surface area (Å²) in [5.41, 5.74) is 0.0952. The molecule has 1 aliphatic carbocycles. The standard InChI is InChI=1S/C19H22F3NO3/c20-19(21,22)14-6-4-13(5-7-14)15-10-16(15)18(26)23-9-1-2-12(11-23)3-8-17(24)25/h4-7,12,15-16H,1-3,8-11H2,(H,24,25)/t12-,15+,16+/m0/s1. The zero-order valence-electron chi connectivity index (χ0n) is 14.3. The third kappa shape index (κ3) is 4.37. The molecular formula is C19H22F3NO3. The van der Waals surface area contributed by atoms with Gasteiger partial charge in [-0.3, -0.25) is 9.59 Å². The largest absolute Gasteiger partial charge is 0.481 e. The van der Waals surface area contributed by atoms with Crippen LogP contribution in [0.1, 0.15) is 49.1 Å². The molecule has 0 spiro atoms. The highest BCUT2D eigenvalue weighted by Crippen LogP contribution is 2.49. The lowest BCUT2D eigenvalue weighted by Gasteiger charge is -2.33. The van der Waals surface area contributed by atoms with Crippen molar-refractivity contribution in [3.05, 3.63) is 35.4 Å². The number of piperidine rings is 1. The second-order valence-corrected chi connectivity index (χ2v) is 7.29. The summed E-state index contributed by atoms with van der Waals surface area (Å²) in [5.74, 6) is -0.728. The van der Waals surface area contributed by atoms with E-state index >= 15 is 0 Å². The Morgan fingerprint density at radius 3 is 2.50 bits per heavy atom. The summed E-state index contributed by atoms with van der Waals surface area (Å²) in [6.07, 6.45) is -1.19. The highest BCUT2D eigenvalue weighted by atomic mass is 19.4. The van der Waals surface area contributed by atoms with Gasteiger partial charge in [0.2, 0.25) is 5.91 Å². The molecule has 0 radical (unpaired) electrons. The molecule has 3 atom stereocenters. The molecule has 1 aromatic carbocycles. The molecule has 4 nitrogen and oxygen atoms in total. The van der Waals surface area contributed by atoms with E-state index in [-0.39, 0.29) is 30.1 Å². The third-order valence-corrected chi connectivity index (χ3v) is 5.37. The molecular weight excluding hydrogens is 347 g/mol. The van der Waals surface area contributed by atoms with Crippen molar-refractivity contribution in [1.29, 1.82) is 0 Å². The van der Waals surface area contributed by atoms with Gasteiger partial charge in [0.05, 0.1) is 5.56 Å². The Hall–Kier alpha value is -2.05. The van der Waals surface area contributed by atoms with E-state index in [0.29, 0.717) is 25.9 Å². The lowest BCUT2D eigenvalue weighted by atomic mass is 9.93. The van der Waals surface area contributed by atoms with E-state index in [1.165, 1.54) is 12.1 Å². The zero-order valence-corrected chi connectivity index (χ0v) is 14.3. The average Bonchev–Trinajstić information content (AvgIpc) is 3.39. The van der Waals surface area contributed by atoms with Gasteiger partial charge in [-0.15, -0.1) is 0 Å². The van der Waals surface area contributed by atoms with Crippen LogP contribution in [0.5, 0.6) is 0 Å². The number of carboxylic acid groups (broad SMARTS) is 1. The van der Waals surface area contributed by atoms with E-state index in [0.717, 1.165) is 30.5 Å². The number of carbonyl (C=O) groups excluding carboxylic acids is 1. The minimum Gasteiger partial charge on any atom is -0.481 e. The van der Waals surface area contributed by atoms with Crippen LogP contribution < -0.4 is 0 Å². The SMILES string of the molecule is O=C(O)CC[C@@H]1CCCN(C(=O)[C@@H]2C[C@@H]2c2ccc(C(F)(F)F)cc2)C1. The topological polar surface area (TPSA) is 57.6 Å². The van der Waals surface area contributed by atoms with Gasteiger partial charge in [-0.05, 0) is 55.2 Å². The molecule has 1 aliphatic heterocycles. The van der Waals surface area contributed by atoms with Crippen LogP contribution in [-0.4, -0.2) is 35.0 Å². The zero-order chi connectivity index (χ0) is 18.9. The van der Waals surface area contributed by atoms with Crippen molar-refractivity contribution >= 4 is 11.9 Å². The van der Waals surface area contributed by atoms with E-state index < -0.39 is 17.7 Å². The van der Waals surface area contributed by atoms with Gasteiger partial charge in [0, 0.05) is 25.4 Å². The van der Waals surface area contributed by atoms with Crippen LogP contribution in [0.3, 0.4) is 0 Å². The quantitative estimate of drug-likeness (QED) is 0.856. The van der Waals surface area contributed by atoms with Gasteiger partial charge in [0.25, 0.3) is 0 Å². The Morgan fingerprint density at radius 2 is 1.88 bits per heavy atom. The predicted octanol–water partition coefficient (Wildman–Crippen LogP) is 3.91. The first-order valence-corrected chi connectivity index (χ1v) is 8.93. The number of hydrogen-bond donors (Lipinski definition) is 1. The number of aliphatic carboxylic acids is 1. The fourth-order valence-corrected chi connectivity index (χ4v) is 3.82. The number of hydrogen-bond acceptors (Lipinski definition) is 2. The van der Waals surface area contributed by atoms with Crippen LogP contribution in [-0.2, 0) is 15.8 Å². The molecule has 3 rings (SSSR count). The fraction of sp³-hybridized carbons (Fsp3) is 0.579. The molecule has 0 bridgehead atoms. The van der Waals surface area contributed by atoms with Crippen LogP contribution in [0.15, 0.2) is 24.3 Å². The lowest BCUT2D eigenvalue weighted by Crippen LogP contribution is -2.41. The second-order valence-electron chi connectivity index (χ2n) is 7.29. The van der Waals surface area contributed by atoms with Crippen LogP contribution >= 0.6 is 0 Å². The number of carbonyl (C=O) groups is 2. The summed E-state index contributed by atoms with van der Waals surface area (Å²) in [7, 11) is 0. The fourth-order valence-electron chi connectivity index (χ4n) is 3.82. The van der Waals surface area contributed by atoms with E-state index in [1.807, 2.05) is 4.90 Å². The maximum absolute atomic E-state index is 12.7. The summed E-state index contributed by atoms with van der Waals surface area (Å²) in [4.78, 5) is 25.2. The van der Waals surface area contributed by atoms with E-state index in [9.17, 15) is 22.8 Å². The molecule has 1 saturated carbocycles. The summed E-state index contributed by atoms with van der Waals surface area (Å²) >= 11 is 0. The number of nitrogens with zero attached hydrogens (tertiary/aromatic N) is 1. The number of rotatable bonds is 5. The maximum atomic E-state index is 12.7. The summed E-state index contributed by atoms with van der Waals surface area (Å²) in [6, 6.07) is 5.06.